The minimum Gasteiger partial charge on any atom is -0.479 e. The lowest BCUT2D eigenvalue weighted by atomic mass is 9.97. The lowest BCUT2D eigenvalue weighted by Crippen LogP contribution is -2.35. The Bertz CT molecular complexity index is 452. The van der Waals surface area contributed by atoms with Crippen molar-refractivity contribution in [1.29, 1.82) is 0 Å². The van der Waals surface area contributed by atoms with Gasteiger partial charge >= 0.3 is 5.97 Å². The second-order valence-electron chi connectivity index (χ2n) is 4.56. The Morgan fingerprint density at radius 1 is 1.28 bits per heavy atom. The van der Waals surface area contributed by atoms with E-state index in [1.807, 2.05) is 0 Å². The number of anilines is 1. The Labute approximate surface area is 104 Å². The topological polar surface area (TPSA) is 40.5 Å². The van der Waals surface area contributed by atoms with Crippen LogP contribution in [0.5, 0.6) is 0 Å². The third kappa shape index (κ3) is 2.44. The molecule has 18 heavy (non-hydrogen) atoms. The van der Waals surface area contributed by atoms with Crippen molar-refractivity contribution in [3.8, 4) is 0 Å². The molecule has 1 N–H and O–H groups in total. The van der Waals surface area contributed by atoms with E-state index in [1.54, 1.807) is 23.1 Å². The third-order valence-corrected chi connectivity index (χ3v) is 3.36. The summed E-state index contributed by atoms with van der Waals surface area (Å²) in [6, 6.07) is 6.28. The Balaban J connectivity index is 2.15. The number of rotatable bonds is 2. The summed E-state index contributed by atoms with van der Waals surface area (Å²) in [4.78, 5) is 12.6. The molecule has 1 aliphatic rings. The Kier molecular flexibility index (Phi) is 3.50. The predicted octanol–water partition coefficient (Wildman–Crippen LogP) is 2.61. The zero-order chi connectivity index (χ0) is 13.2. The van der Waals surface area contributed by atoms with Gasteiger partial charge in [0, 0.05) is 19.5 Å². The van der Waals surface area contributed by atoms with Crippen LogP contribution in [0.3, 0.4) is 0 Å². The lowest BCUT2D eigenvalue weighted by molar-refractivity contribution is -0.151. The normalized spacial score (nSPS) is 24.7. The van der Waals surface area contributed by atoms with Gasteiger partial charge in [0.05, 0.1) is 5.69 Å². The molecule has 0 aliphatic carbocycles. The van der Waals surface area contributed by atoms with Crippen LogP contribution in [0.2, 0.25) is 0 Å². The molecule has 1 atom stereocenters. The summed E-state index contributed by atoms with van der Waals surface area (Å²) in [6.45, 7) is 0.684. The van der Waals surface area contributed by atoms with Crippen molar-refractivity contribution in [1.82, 2.24) is 0 Å². The second-order valence-corrected chi connectivity index (χ2v) is 4.56. The zero-order valence-electron chi connectivity index (χ0n) is 9.90. The van der Waals surface area contributed by atoms with E-state index in [-0.39, 0.29) is 25.2 Å². The van der Waals surface area contributed by atoms with E-state index in [9.17, 15) is 13.6 Å². The van der Waals surface area contributed by atoms with Gasteiger partial charge in [-0.05, 0) is 25.0 Å². The first-order chi connectivity index (χ1) is 8.53. The number of para-hydroxylation sites is 1. The molecule has 98 valence electrons. The number of alkyl halides is 1. The lowest BCUT2D eigenvalue weighted by Gasteiger charge is -2.23. The van der Waals surface area contributed by atoms with E-state index in [2.05, 4.69) is 0 Å². The Hall–Kier alpha value is -1.65. The number of halogens is 2. The third-order valence-electron chi connectivity index (χ3n) is 3.36. The molecule has 0 bridgehead atoms. The molecule has 5 heteroatoms. The van der Waals surface area contributed by atoms with Crippen molar-refractivity contribution < 1.29 is 18.7 Å². The van der Waals surface area contributed by atoms with Crippen LogP contribution in [-0.4, -0.2) is 29.8 Å². The summed E-state index contributed by atoms with van der Waals surface area (Å²) in [7, 11) is 0. The van der Waals surface area contributed by atoms with Crippen molar-refractivity contribution in [2.75, 3.05) is 18.0 Å². The molecule has 1 aliphatic heterocycles. The van der Waals surface area contributed by atoms with Crippen LogP contribution < -0.4 is 4.90 Å². The van der Waals surface area contributed by atoms with Crippen LogP contribution in [0, 0.1) is 5.82 Å². The summed E-state index contributed by atoms with van der Waals surface area (Å²) in [5.41, 5.74) is -1.77. The largest absolute Gasteiger partial charge is 0.479 e. The van der Waals surface area contributed by atoms with Gasteiger partial charge in [-0.15, -0.1) is 0 Å². The van der Waals surface area contributed by atoms with E-state index in [4.69, 9.17) is 5.11 Å². The fraction of sp³-hybridized carbons (Fsp3) is 0.462. The predicted molar refractivity (Wildman–Crippen MR) is 63.9 cm³/mol. The van der Waals surface area contributed by atoms with Crippen LogP contribution in [0.4, 0.5) is 14.5 Å². The van der Waals surface area contributed by atoms with Gasteiger partial charge in [0.2, 0.25) is 5.67 Å². The van der Waals surface area contributed by atoms with Crippen molar-refractivity contribution in [3.05, 3.63) is 30.1 Å². The van der Waals surface area contributed by atoms with Crippen molar-refractivity contribution in [3.63, 3.8) is 0 Å². The number of benzene rings is 1. The number of hydrogen-bond donors (Lipinski definition) is 1. The quantitative estimate of drug-likeness (QED) is 0.883. The summed E-state index contributed by atoms with van der Waals surface area (Å²) < 4.78 is 27.6. The molecule has 1 aromatic carbocycles. The molecule has 0 aromatic heterocycles. The molecule has 1 fully saturated rings. The van der Waals surface area contributed by atoms with Crippen molar-refractivity contribution in [2.24, 2.45) is 0 Å². The van der Waals surface area contributed by atoms with E-state index in [0.717, 1.165) is 0 Å². The number of nitrogens with zero attached hydrogens (tertiary/aromatic N) is 1. The molecule has 0 radical (unpaired) electrons. The number of hydrogen-bond acceptors (Lipinski definition) is 2. The molecule has 0 amide bonds. The zero-order valence-corrected chi connectivity index (χ0v) is 9.90. The fourth-order valence-electron chi connectivity index (χ4n) is 2.26. The molecule has 3 nitrogen and oxygen atoms in total. The van der Waals surface area contributed by atoms with E-state index < -0.39 is 11.6 Å². The molecular formula is C13H15F2NO2. The number of carbonyl (C=O) groups is 1. The highest BCUT2D eigenvalue weighted by atomic mass is 19.1. The standard InChI is InChI=1S/C13H15F2NO2/c14-10-4-1-2-5-11(10)16-8-3-6-13(15,7-9-16)12(17)18/h1-2,4-5H,3,6-9H2,(H,17,18). The highest BCUT2D eigenvalue weighted by molar-refractivity contribution is 5.77. The van der Waals surface area contributed by atoms with Crippen LogP contribution in [0.1, 0.15) is 19.3 Å². The highest BCUT2D eigenvalue weighted by Crippen LogP contribution is 2.30. The van der Waals surface area contributed by atoms with Crippen LogP contribution in [0.15, 0.2) is 24.3 Å². The smallest absolute Gasteiger partial charge is 0.341 e. The highest BCUT2D eigenvalue weighted by Gasteiger charge is 2.40. The van der Waals surface area contributed by atoms with Crippen LogP contribution >= 0.6 is 0 Å². The van der Waals surface area contributed by atoms with Gasteiger partial charge in [-0.25, -0.2) is 13.6 Å². The minimum atomic E-state index is -2.18. The van der Waals surface area contributed by atoms with E-state index >= 15 is 0 Å². The summed E-state index contributed by atoms with van der Waals surface area (Å²) >= 11 is 0. The summed E-state index contributed by atoms with van der Waals surface area (Å²) in [6.07, 6.45) is 0.265. The molecule has 1 aromatic rings. The van der Waals surface area contributed by atoms with Gasteiger partial charge in [0.25, 0.3) is 0 Å². The fourth-order valence-corrected chi connectivity index (χ4v) is 2.26. The van der Waals surface area contributed by atoms with Crippen molar-refractivity contribution >= 4 is 11.7 Å². The van der Waals surface area contributed by atoms with Gasteiger partial charge in [-0.1, -0.05) is 12.1 Å². The second kappa shape index (κ2) is 4.92. The summed E-state index contributed by atoms with van der Waals surface area (Å²) in [5, 5.41) is 8.87. The van der Waals surface area contributed by atoms with Gasteiger partial charge < -0.3 is 10.0 Å². The first kappa shape index (κ1) is 12.8. The average molecular weight is 255 g/mol. The molecule has 0 saturated carbocycles. The Morgan fingerprint density at radius 3 is 2.67 bits per heavy atom. The minimum absolute atomic E-state index is 0.0205. The van der Waals surface area contributed by atoms with Crippen LogP contribution in [0.25, 0.3) is 0 Å². The van der Waals surface area contributed by atoms with Gasteiger partial charge in [0.15, 0.2) is 0 Å². The van der Waals surface area contributed by atoms with E-state index in [1.165, 1.54) is 6.07 Å². The monoisotopic (exact) mass is 255 g/mol. The molecule has 1 unspecified atom stereocenters. The molecule has 2 rings (SSSR count). The Morgan fingerprint density at radius 2 is 2.00 bits per heavy atom. The molecule has 0 spiro atoms. The number of carboxylic acid groups (broad SMARTS) is 1. The average Bonchev–Trinajstić information content (AvgIpc) is 2.53. The van der Waals surface area contributed by atoms with Crippen LogP contribution in [-0.2, 0) is 4.79 Å². The SMILES string of the molecule is O=C(O)C1(F)CCCN(c2ccccc2F)CC1. The van der Waals surface area contributed by atoms with Gasteiger partial charge in [0.1, 0.15) is 5.82 Å². The molecule has 1 saturated heterocycles. The molecular weight excluding hydrogens is 240 g/mol. The van der Waals surface area contributed by atoms with E-state index in [0.29, 0.717) is 18.7 Å². The first-order valence-electron chi connectivity index (χ1n) is 5.95. The van der Waals surface area contributed by atoms with Crippen molar-refractivity contribution in [2.45, 2.75) is 24.9 Å². The first-order valence-corrected chi connectivity index (χ1v) is 5.95. The number of aliphatic carboxylic acids is 1. The van der Waals surface area contributed by atoms with Gasteiger partial charge in [-0.2, -0.15) is 0 Å². The number of carboxylic acids is 1. The van der Waals surface area contributed by atoms with Gasteiger partial charge in [-0.3, -0.25) is 0 Å². The maximum atomic E-state index is 14.0. The summed E-state index contributed by atoms with van der Waals surface area (Å²) in [5.74, 6) is -1.78. The maximum absolute atomic E-state index is 14.0. The molecule has 1 heterocycles. The maximum Gasteiger partial charge on any atom is 0.341 e.